The number of hydrogen-bond donors (Lipinski definition) is 2. The molecule has 0 aliphatic carbocycles. The highest BCUT2D eigenvalue weighted by Gasteiger charge is 2.19. The van der Waals surface area contributed by atoms with Crippen LogP contribution < -0.4 is 16.3 Å². The highest BCUT2D eigenvalue weighted by molar-refractivity contribution is 6.37. The summed E-state index contributed by atoms with van der Waals surface area (Å²) in [5.74, 6) is 6.19. The fourth-order valence-electron chi connectivity index (χ4n) is 3.17. The maximum atomic E-state index is 6.25. The molecule has 0 saturated carbocycles. The number of hydrogen-bond acceptors (Lipinski definition) is 8. The highest BCUT2D eigenvalue weighted by Crippen LogP contribution is 2.35. The molecule has 33 heavy (non-hydrogen) atoms. The molecule has 0 aliphatic heterocycles. The van der Waals surface area contributed by atoms with Crippen LogP contribution in [0, 0.1) is 0 Å². The highest BCUT2D eigenvalue weighted by atomic mass is 35.5. The molecule has 3 aromatic rings. The molecular formula is C24H28ClN7O. The smallest absolute Gasteiger partial charge is 0.221 e. The summed E-state index contributed by atoms with van der Waals surface area (Å²) in [6.45, 7) is 6.88. The van der Waals surface area contributed by atoms with E-state index in [4.69, 9.17) is 32.9 Å². The molecule has 0 spiro atoms. The summed E-state index contributed by atoms with van der Waals surface area (Å²) < 4.78 is 5.43. The van der Waals surface area contributed by atoms with E-state index in [-0.39, 0.29) is 11.4 Å². The fraction of sp³-hybridized carbons (Fsp3) is 0.292. The number of anilines is 1. The lowest BCUT2D eigenvalue weighted by Gasteiger charge is -2.22. The zero-order valence-corrected chi connectivity index (χ0v) is 20.0. The molecule has 0 bridgehead atoms. The lowest BCUT2D eigenvalue weighted by molar-refractivity contribution is 0.416. The molecule has 2 aromatic heterocycles. The molecule has 172 valence electrons. The van der Waals surface area contributed by atoms with E-state index in [1.165, 1.54) is 0 Å². The normalized spacial score (nSPS) is 12.3. The van der Waals surface area contributed by atoms with Crippen molar-refractivity contribution in [3.63, 3.8) is 0 Å². The Bertz CT molecular complexity index is 1190. The van der Waals surface area contributed by atoms with E-state index in [1.807, 2.05) is 24.3 Å². The molecule has 0 fully saturated rings. The Morgan fingerprint density at radius 3 is 2.61 bits per heavy atom. The van der Waals surface area contributed by atoms with E-state index >= 15 is 0 Å². The van der Waals surface area contributed by atoms with Gasteiger partial charge in [0, 0.05) is 16.7 Å². The van der Waals surface area contributed by atoms with Crippen molar-refractivity contribution in [3.8, 4) is 17.0 Å². The summed E-state index contributed by atoms with van der Waals surface area (Å²) in [4.78, 5) is 17.8. The number of nitrogens with two attached hydrogens (primary N) is 2. The van der Waals surface area contributed by atoms with Gasteiger partial charge in [-0.15, -0.1) is 0 Å². The van der Waals surface area contributed by atoms with Crippen LogP contribution in [0.15, 0.2) is 52.6 Å². The minimum absolute atomic E-state index is 0.000120. The van der Waals surface area contributed by atoms with Crippen LogP contribution in [0.4, 0.5) is 5.95 Å². The third-order valence-electron chi connectivity index (χ3n) is 5.44. The van der Waals surface area contributed by atoms with Gasteiger partial charge >= 0.3 is 0 Å². The second kappa shape index (κ2) is 10.4. The number of aliphatic imine (C=N–C) groups is 1. The van der Waals surface area contributed by atoms with Gasteiger partial charge in [0.05, 0.1) is 42.0 Å². The van der Waals surface area contributed by atoms with Crippen molar-refractivity contribution in [3.05, 3.63) is 64.6 Å². The van der Waals surface area contributed by atoms with Crippen molar-refractivity contribution in [2.45, 2.75) is 39.2 Å². The van der Waals surface area contributed by atoms with E-state index in [0.717, 1.165) is 17.8 Å². The molecule has 9 heteroatoms. The number of rotatable bonds is 8. The summed E-state index contributed by atoms with van der Waals surface area (Å²) in [5, 5.41) is 4.30. The molecule has 0 atom stereocenters. The molecule has 8 nitrogen and oxygen atoms in total. The molecule has 1 aromatic carbocycles. The number of aromatic nitrogens is 3. The predicted octanol–water partition coefficient (Wildman–Crippen LogP) is 4.40. The second-order valence-electron chi connectivity index (χ2n) is 8.05. The van der Waals surface area contributed by atoms with Crippen LogP contribution in [0.2, 0.25) is 5.02 Å². The van der Waals surface area contributed by atoms with Gasteiger partial charge in [-0.05, 0) is 36.8 Å². The Hall–Kier alpha value is -3.52. The molecule has 0 aliphatic rings. The molecule has 0 amide bonds. The Kier molecular flexibility index (Phi) is 7.60. The number of methoxy groups -OCH3 is 1. The van der Waals surface area contributed by atoms with Gasteiger partial charge in [-0.25, -0.2) is 9.97 Å². The van der Waals surface area contributed by atoms with E-state index in [1.54, 1.807) is 31.5 Å². The lowest BCUT2D eigenvalue weighted by atomic mass is 9.86. The van der Waals surface area contributed by atoms with Crippen molar-refractivity contribution in [2.24, 2.45) is 15.9 Å². The van der Waals surface area contributed by atoms with Gasteiger partial charge in [-0.2, -0.15) is 5.10 Å². The largest absolute Gasteiger partial charge is 0.494 e. The Morgan fingerprint density at radius 2 is 1.91 bits per heavy atom. The number of benzene rings is 1. The van der Waals surface area contributed by atoms with Gasteiger partial charge < -0.3 is 16.3 Å². The number of pyridine rings is 1. The third kappa shape index (κ3) is 5.64. The molecule has 4 N–H and O–H groups in total. The van der Waals surface area contributed by atoms with E-state index in [0.29, 0.717) is 40.0 Å². The second-order valence-corrected chi connectivity index (χ2v) is 8.46. The summed E-state index contributed by atoms with van der Waals surface area (Å²) in [6, 6.07) is 13.1. The van der Waals surface area contributed by atoms with Gasteiger partial charge in [0.25, 0.3) is 0 Å². The van der Waals surface area contributed by atoms with Crippen LogP contribution in [0.3, 0.4) is 0 Å². The molecule has 3 rings (SSSR count). The van der Waals surface area contributed by atoms with Crippen molar-refractivity contribution < 1.29 is 4.74 Å². The average Bonchev–Trinajstić information content (AvgIpc) is 2.81. The number of para-hydroxylation sites is 1. The van der Waals surface area contributed by atoms with E-state index < -0.39 is 0 Å². The lowest BCUT2D eigenvalue weighted by Crippen LogP contribution is -2.18. The van der Waals surface area contributed by atoms with Crippen LogP contribution in [0.25, 0.3) is 11.3 Å². The van der Waals surface area contributed by atoms with Crippen molar-refractivity contribution in [1.82, 2.24) is 15.0 Å². The van der Waals surface area contributed by atoms with Crippen molar-refractivity contribution in [1.29, 1.82) is 0 Å². The number of halogens is 1. The number of ether oxygens (including phenoxy) is 1. The summed E-state index contributed by atoms with van der Waals surface area (Å²) >= 11 is 6.25. The first-order valence-corrected chi connectivity index (χ1v) is 10.9. The van der Waals surface area contributed by atoms with Crippen LogP contribution in [-0.4, -0.2) is 34.0 Å². The Balaban J connectivity index is 1.87. The van der Waals surface area contributed by atoms with Crippen LogP contribution in [-0.2, 0) is 12.0 Å². The molecule has 2 heterocycles. The standard InChI is InChI=1S/C24H28ClN7O/c1-5-24(2,3)21-11-6-8-15(29-21)13-28-14-20(32-27)19-12-18(30-23(26)31-19)16-9-7-10-17(25)22(16)33-4/h6-12,14H,5,13,27H2,1-4H3,(H2,26,30,31). The first-order valence-electron chi connectivity index (χ1n) is 10.5. The zero-order chi connectivity index (χ0) is 24.0. The molecular weight excluding hydrogens is 438 g/mol. The summed E-state index contributed by atoms with van der Waals surface area (Å²) in [5.41, 5.74) is 9.85. The summed E-state index contributed by atoms with van der Waals surface area (Å²) in [7, 11) is 1.54. The van der Waals surface area contributed by atoms with Gasteiger partial charge in [0.2, 0.25) is 5.95 Å². The number of nitrogens with zero attached hydrogens (tertiary/aromatic N) is 5. The van der Waals surface area contributed by atoms with Crippen molar-refractivity contribution >= 4 is 29.5 Å². The maximum absolute atomic E-state index is 6.25. The van der Waals surface area contributed by atoms with Gasteiger partial charge in [0.1, 0.15) is 11.5 Å². The van der Waals surface area contributed by atoms with E-state index in [9.17, 15) is 0 Å². The predicted molar refractivity (Wildman–Crippen MR) is 134 cm³/mol. The Labute approximate surface area is 198 Å². The first kappa shape index (κ1) is 24.1. The van der Waals surface area contributed by atoms with Gasteiger partial charge in [0.15, 0.2) is 0 Å². The van der Waals surface area contributed by atoms with E-state index in [2.05, 4.69) is 40.8 Å². The Morgan fingerprint density at radius 1 is 1.15 bits per heavy atom. The molecule has 0 unspecified atom stereocenters. The number of nitrogen functional groups attached to an aromatic ring is 1. The third-order valence-corrected chi connectivity index (χ3v) is 5.74. The first-order chi connectivity index (χ1) is 15.8. The average molecular weight is 466 g/mol. The quantitative estimate of drug-likeness (QED) is 0.288. The van der Waals surface area contributed by atoms with Gasteiger partial charge in [-0.1, -0.05) is 44.5 Å². The number of hydrazone groups is 1. The minimum atomic E-state index is -0.000120. The molecule has 0 radical (unpaired) electrons. The van der Waals surface area contributed by atoms with Crippen LogP contribution >= 0.6 is 11.6 Å². The minimum Gasteiger partial charge on any atom is -0.494 e. The zero-order valence-electron chi connectivity index (χ0n) is 19.2. The van der Waals surface area contributed by atoms with Crippen molar-refractivity contribution in [2.75, 3.05) is 12.8 Å². The van der Waals surface area contributed by atoms with Gasteiger partial charge in [-0.3, -0.25) is 9.98 Å². The van der Waals surface area contributed by atoms with Crippen LogP contribution in [0.1, 0.15) is 44.3 Å². The fourth-order valence-corrected chi connectivity index (χ4v) is 3.42. The molecule has 0 saturated heterocycles. The monoisotopic (exact) mass is 465 g/mol. The maximum Gasteiger partial charge on any atom is 0.221 e. The topological polar surface area (TPSA) is 125 Å². The SMILES string of the molecule is CCC(C)(C)c1cccc(CN=CC(=NN)c2cc(-c3cccc(Cl)c3OC)nc(N)n2)n1. The summed E-state index contributed by atoms with van der Waals surface area (Å²) in [6.07, 6.45) is 2.55. The van der Waals surface area contributed by atoms with Crippen LogP contribution in [0.5, 0.6) is 5.75 Å².